The minimum Gasteiger partial charge on any atom is -0.496 e. The number of carbonyl (C=O) groups excluding carboxylic acids is 2. The first-order valence-corrected chi connectivity index (χ1v) is 9.31. The van der Waals surface area contributed by atoms with E-state index in [0.29, 0.717) is 11.5 Å². The van der Waals surface area contributed by atoms with E-state index < -0.39 is 16.6 Å². The van der Waals surface area contributed by atoms with Crippen LogP contribution in [0.15, 0.2) is 23.1 Å². The van der Waals surface area contributed by atoms with Crippen LogP contribution in [0.5, 0.6) is 11.5 Å². The molecule has 0 heterocycles. The molecule has 0 bridgehead atoms. The normalized spacial score (nSPS) is 14.9. The van der Waals surface area contributed by atoms with Crippen molar-refractivity contribution in [1.29, 1.82) is 0 Å². The average Bonchev–Trinajstić information content (AvgIpc) is 2.60. The van der Waals surface area contributed by atoms with Gasteiger partial charge in [-0.15, -0.1) is 0 Å². The molecule has 1 aromatic rings. The van der Waals surface area contributed by atoms with Gasteiger partial charge in [-0.3, -0.25) is 13.8 Å². The second-order valence-electron chi connectivity index (χ2n) is 5.53. The number of allylic oxidation sites excluding steroid dienone is 2. The summed E-state index contributed by atoms with van der Waals surface area (Å²) < 4.78 is 22.9. The number of rotatable bonds is 8. The van der Waals surface area contributed by atoms with Crippen LogP contribution in [0.3, 0.4) is 0 Å². The summed E-state index contributed by atoms with van der Waals surface area (Å²) in [6.07, 6.45) is 5.06. The van der Waals surface area contributed by atoms with Crippen molar-refractivity contribution in [3.63, 3.8) is 0 Å². The highest BCUT2D eigenvalue weighted by Gasteiger charge is 2.34. The first kappa shape index (κ1) is 18.4. The Kier molecular flexibility index (Phi) is 6.31. The number of methoxy groups -OCH3 is 2. The predicted molar refractivity (Wildman–Crippen MR) is 93.4 cm³/mol. The topological polar surface area (TPSA) is 69.7 Å². The molecule has 0 aliphatic heterocycles. The third kappa shape index (κ3) is 3.59. The predicted octanol–water partition coefficient (Wildman–Crippen LogP) is 3.30. The van der Waals surface area contributed by atoms with E-state index in [1.165, 1.54) is 20.3 Å². The molecule has 1 aromatic carbocycles. The van der Waals surface area contributed by atoms with E-state index in [1.54, 1.807) is 12.1 Å². The quantitative estimate of drug-likeness (QED) is 0.673. The van der Waals surface area contributed by atoms with Crippen molar-refractivity contribution < 1.29 is 23.3 Å². The zero-order chi connectivity index (χ0) is 17.7. The molecule has 0 aromatic heterocycles. The number of hydrogen-bond donors (Lipinski definition) is 0. The van der Waals surface area contributed by atoms with Crippen LogP contribution in [-0.4, -0.2) is 35.7 Å². The zero-order valence-electron chi connectivity index (χ0n) is 14.2. The van der Waals surface area contributed by atoms with Crippen LogP contribution < -0.4 is 9.47 Å². The largest absolute Gasteiger partial charge is 0.496 e. The molecule has 0 saturated carbocycles. The maximum atomic E-state index is 12.8. The first-order valence-electron chi connectivity index (χ1n) is 7.99. The van der Waals surface area contributed by atoms with E-state index in [1.807, 2.05) is 0 Å². The summed E-state index contributed by atoms with van der Waals surface area (Å²) in [5, 5.41) is 0. The molecule has 0 amide bonds. The van der Waals surface area contributed by atoms with Crippen LogP contribution in [0.4, 0.5) is 0 Å². The molecule has 0 radical (unpaired) electrons. The molecule has 0 spiro atoms. The second kappa shape index (κ2) is 8.24. The van der Waals surface area contributed by atoms with Gasteiger partial charge in [-0.1, -0.05) is 26.2 Å². The lowest BCUT2D eigenvalue weighted by Crippen LogP contribution is -2.22. The fraction of sp³-hybridized carbons (Fsp3) is 0.444. The van der Waals surface area contributed by atoms with Gasteiger partial charge >= 0.3 is 0 Å². The molecule has 6 heteroatoms. The van der Waals surface area contributed by atoms with Crippen molar-refractivity contribution >= 4 is 22.4 Å². The van der Waals surface area contributed by atoms with Crippen molar-refractivity contribution in [2.45, 2.75) is 32.6 Å². The molecule has 0 fully saturated rings. The summed E-state index contributed by atoms with van der Waals surface area (Å²) in [6, 6.07) is 3.17. The Hall–Kier alpha value is -1.95. The van der Waals surface area contributed by atoms with E-state index in [4.69, 9.17) is 9.47 Å². The summed E-state index contributed by atoms with van der Waals surface area (Å²) in [6.45, 7) is 2.10. The van der Waals surface area contributed by atoms with Gasteiger partial charge in [0.2, 0.25) is 5.78 Å². The minimum absolute atomic E-state index is 0.0514. The van der Waals surface area contributed by atoms with Crippen LogP contribution in [-0.2, 0) is 10.8 Å². The number of ether oxygens (including phenoxy) is 2. The van der Waals surface area contributed by atoms with Gasteiger partial charge in [-0.05, 0) is 18.6 Å². The maximum Gasteiger partial charge on any atom is 0.206 e. The summed E-state index contributed by atoms with van der Waals surface area (Å²) in [7, 11) is 1.37. The number of carbonyl (C=O) groups is 2. The lowest BCUT2D eigenvalue weighted by atomic mass is 9.93. The Morgan fingerprint density at radius 1 is 0.958 bits per heavy atom. The Balaban J connectivity index is 2.34. The molecule has 24 heavy (non-hydrogen) atoms. The van der Waals surface area contributed by atoms with E-state index in [0.717, 1.165) is 25.7 Å². The van der Waals surface area contributed by atoms with Crippen LogP contribution in [0, 0.1) is 0 Å². The summed E-state index contributed by atoms with van der Waals surface area (Å²) in [5.74, 6) is 0.185. The highest BCUT2D eigenvalue weighted by atomic mass is 32.2. The SMILES string of the molecule is CCCCCCS(=O)C1=CC(=O)c2c(OC)ccc(OC)c2C1=O. The smallest absolute Gasteiger partial charge is 0.206 e. The second-order valence-corrected chi connectivity index (χ2v) is 7.07. The highest BCUT2D eigenvalue weighted by molar-refractivity contribution is 7.90. The van der Waals surface area contributed by atoms with Crippen molar-refractivity contribution in [3.8, 4) is 11.5 Å². The fourth-order valence-electron chi connectivity index (χ4n) is 2.69. The van der Waals surface area contributed by atoms with Crippen LogP contribution in [0.1, 0.15) is 53.3 Å². The molecule has 2 rings (SSSR count). The Morgan fingerprint density at radius 2 is 1.58 bits per heavy atom. The zero-order valence-corrected chi connectivity index (χ0v) is 15.0. The maximum absolute atomic E-state index is 12.8. The van der Waals surface area contributed by atoms with Crippen LogP contribution in [0.25, 0.3) is 0 Å². The Bertz CT molecular complexity index is 706. The number of fused-ring (bicyclic) bond motifs is 1. The van der Waals surface area contributed by atoms with Crippen LogP contribution >= 0.6 is 0 Å². The first-order chi connectivity index (χ1) is 11.5. The van der Waals surface area contributed by atoms with Crippen LogP contribution in [0.2, 0.25) is 0 Å². The lowest BCUT2D eigenvalue weighted by molar-refractivity contribution is 0.0985. The molecule has 1 aliphatic carbocycles. The standard InChI is InChI=1S/C18H22O5S/c1-4-5-6-7-10-24(21)15-11-12(19)16-13(22-2)8-9-14(23-3)17(16)18(15)20/h8-9,11H,4-7,10H2,1-3H3. The van der Waals surface area contributed by atoms with Crippen molar-refractivity contribution in [3.05, 3.63) is 34.2 Å². The molecule has 0 N–H and O–H groups in total. The number of Topliss-reactive ketones (excluding diaryl/α,β-unsaturated/α-hetero) is 1. The van der Waals surface area contributed by atoms with E-state index in [2.05, 4.69) is 6.92 Å². The van der Waals surface area contributed by atoms with Gasteiger partial charge in [-0.25, -0.2) is 0 Å². The molecular formula is C18H22O5S. The number of ketones is 2. The molecule has 5 nitrogen and oxygen atoms in total. The van der Waals surface area contributed by atoms with Gasteiger partial charge in [0.15, 0.2) is 5.78 Å². The molecule has 1 unspecified atom stereocenters. The summed E-state index contributed by atoms with van der Waals surface area (Å²) in [4.78, 5) is 25.3. The summed E-state index contributed by atoms with van der Waals surface area (Å²) >= 11 is 0. The molecule has 130 valence electrons. The molecule has 0 saturated heterocycles. The number of hydrogen-bond acceptors (Lipinski definition) is 5. The van der Waals surface area contributed by atoms with Crippen molar-refractivity contribution in [2.75, 3.05) is 20.0 Å². The Labute approximate surface area is 144 Å². The fourth-order valence-corrected chi connectivity index (χ4v) is 3.93. The van der Waals surface area contributed by atoms with E-state index in [-0.39, 0.29) is 27.6 Å². The van der Waals surface area contributed by atoms with E-state index >= 15 is 0 Å². The minimum atomic E-state index is -1.49. The van der Waals surface area contributed by atoms with Gasteiger partial charge in [0, 0.05) is 11.8 Å². The third-order valence-electron chi connectivity index (χ3n) is 3.96. The summed E-state index contributed by atoms with van der Waals surface area (Å²) in [5.41, 5.74) is 0.315. The number of unbranched alkanes of at least 4 members (excludes halogenated alkanes) is 3. The van der Waals surface area contributed by atoms with Gasteiger partial charge < -0.3 is 9.47 Å². The molecule has 1 aliphatic rings. The van der Waals surface area contributed by atoms with Gasteiger partial charge in [-0.2, -0.15) is 0 Å². The van der Waals surface area contributed by atoms with E-state index in [9.17, 15) is 13.8 Å². The number of benzene rings is 1. The third-order valence-corrected chi connectivity index (χ3v) is 5.41. The molecule has 1 atom stereocenters. The average molecular weight is 350 g/mol. The monoisotopic (exact) mass is 350 g/mol. The van der Waals surface area contributed by atoms with Crippen molar-refractivity contribution in [2.24, 2.45) is 0 Å². The molecular weight excluding hydrogens is 328 g/mol. The highest BCUT2D eigenvalue weighted by Crippen LogP contribution is 2.36. The lowest BCUT2D eigenvalue weighted by Gasteiger charge is -2.19. The van der Waals surface area contributed by atoms with Gasteiger partial charge in [0.25, 0.3) is 0 Å². The van der Waals surface area contributed by atoms with Gasteiger partial charge in [0.05, 0.1) is 41.1 Å². The van der Waals surface area contributed by atoms with Crippen molar-refractivity contribution in [1.82, 2.24) is 0 Å². The Morgan fingerprint density at radius 3 is 2.17 bits per heavy atom. The van der Waals surface area contributed by atoms with Gasteiger partial charge in [0.1, 0.15) is 11.5 Å².